The van der Waals surface area contributed by atoms with E-state index in [2.05, 4.69) is 20.9 Å². The van der Waals surface area contributed by atoms with Crippen LogP contribution in [0.1, 0.15) is 33.3 Å². The van der Waals surface area contributed by atoms with E-state index in [9.17, 15) is 9.18 Å². The second kappa shape index (κ2) is 12.1. The smallest absolute Gasteiger partial charge is 0.227 e. The molecule has 0 radical (unpaired) electrons. The van der Waals surface area contributed by atoms with Crippen LogP contribution in [-0.4, -0.2) is 38.0 Å². The zero-order chi connectivity index (χ0) is 18.0. The summed E-state index contributed by atoms with van der Waals surface area (Å²) < 4.78 is 13.2. The van der Waals surface area contributed by atoms with E-state index < -0.39 is 5.41 Å². The molecule has 1 aromatic rings. The Morgan fingerprint density at radius 3 is 2.44 bits per heavy atom. The van der Waals surface area contributed by atoms with Gasteiger partial charge in [-0.05, 0) is 51.8 Å². The lowest BCUT2D eigenvalue weighted by Gasteiger charge is -2.22. The van der Waals surface area contributed by atoms with Gasteiger partial charge in [-0.1, -0.05) is 12.1 Å². The monoisotopic (exact) mass is 464 g/mol. The molecule has 25 heavy (non-hydrogen) atoms. The van der Waals surface area contributed by atoms with Gasteiger partial charge in [0.2, 0.25) is 5.91 Å². The zero-order valence-corrected chi connectivity index (χ0v) is 17.8. The van der Waals surface area contributed by atoms with Crippen molar-refractivity contribution in [1.82, 2.24) is 16.0 Å². The molecule has 0 aliphatic heterocycles. The van der Waals surface area contributed by atoms with Crippen LogP contribution in [0.4, 0.5) is 4.39 Å². The maximum absolute atomic E-state index is 13.2. The Morgan fingerprint density at radius 1 is 1.16 bits per heavy atom. The number of carbonyl (C=O) groups is 1. The van der Waals surface area contributed by atoms with Crippen LogP contribution in [0.25, 0.3) is 0 Å². The molecule has 0 aromatic heterocycles. The van der Waals surface area contributed by atoms with Crippen molar-refractivity contribution in [2.75, 3.05) is 26.2 Å². The molecule has 0 unspecified atom stereocenters. The molecule has 0 saturated carbocycles. The number of aliphatic imine (C=N–C) groups is 1. The molecule has 142 valence electrons. The van der Waals surface area contributed by atoms with Crippen LogP contribution >= 0.6 is 24.0 Å². The van der Waals surface area contributed by atoms with Crippen LogP contribution < -0.4 is 16.0 Å². The minimum atomic E-state index is -0.569. The molecule has 0 aliphatic rings. The van der Waals surface area contributed by atoms with E-state index >= 15 is 0 Å². The van der Waals surface area contributed by atoms with E-state index in [4.69, 9.17) is 0 Å². The third kappa shape index (κ3) is 9.04. The van der Waals surface area contributed by atoms with Gasteiger partial charge in [-0.25, -0.2) is 4.39 Å². The van der Waals surface area contributed by atoms with Gasteiger partial charge in [0.15, 0.2) is 5.96 Å². The predicted molar refractivity (Wildman–Crippen MR) is 112 cm³/mol. The van der Waals surface area contributed by atoms with Crippen molar-refractivity contribution in [3.8, 4) is 0 Å². The summed E-state index contributed by atoms with van der Waals surface area (Å²) in [4.78, 5) is 16.5. The number of rotatable bonds is 8. The van der Waals surface area contributed by atoms with E-state index in [0.29, 0.717) is 32.0 Å². The molecule has 5 nitrogen and oxygen atoms in total. The van der Waals surface area contributed by atoms with Crippen LogP contribution in [-0.2, 0) is 11.2 Å². The van der Waals surface area contributed by atoms with Gasteiger partial charge in [0.25, 0.3) is 0 Å². The van der Waals surface area contributed by atoms with E-state index in [0.717, 1.165) is 12.1 Å². The van der Waals surface area contributed by atoms with E-state index in [-0.39, 0.29) is 35.7 Å². The van der Waals surface area contributed by atoms with Gasteiger partial charge in [0, 0.05) is 19.6 Å². The van der Waals surface area contributed by atoms with Crippen molar-refractivity contribution in [1.29, 1.82) is 0 Å². The highest BCUT2D eigenvalue weighted by atomic mass is 127. The maximum Gasteiger partial charge on any atom is 0.227 e. The number of hydrogen-bond acceptors (Lipinski definition) is 2. The first-order valence-electron chi connectivity index (χ1n) is 8.44. The molecular formula is C18H30FIN4O. The number of halogens is 2. The Hall–Kier alpha value is -1.38. The van der Waals surface area contributed by atoms with Crippen molar-refractivity contribution in [2.24, 2.45) is 10.4 Å². The number of nitrogens with zero attached hydrogens (tertiary/aromatic N) is 1. The summed E-state index contributed by atoms with van der Waals surface area (Å²) in [6.07, 6.45) is 0.696. The number of hydrogen-bond donors (Lipinski definition) is 3. The molecule has 1 rings (SSSR count). The summed E-state index contributed by atoms with van der Waals surface area (Å²) in [6.45, 7) is 9.99. The molecular weight excluding hydrogens is 434 g/mol. The number of benzene rings is 1. The van der Waals surface area contributed by atoms with Crippen molar-refractivity contribution in [3.63, 3.8) is 0 Å². The van der Waals surface area contributed by atoms with E-state index in [1.54, 1.807) is 6.07 Å². The second-order valence-corrected chi connectivity index (χ2v) is 6.25. The summed E-state index contributed by atoms with van der Waals surface area (Å²) in [7, 11) is 0. The Labute approximate surface area is 167 Å². The van der Waals surface area contributed by atoms with Crippen LogP contribution in [0.2, 0.25) is 0 Å². The van der Waals surface area contributed by atoms with E-state index in [1.807, 2.05) is 33.8 Å². The lowest BCUT2D eigenvalue weighted by Crippen LogP contribution is -2.42. The van der Waals surface area contributed by atoms with Gasteiger partial charge >= 0.3 is 0 Å². The fourth-order valence-electron chi connectivity index (χ4n) is 2.11. The average molecular weight is 464 g/mol. The van der Waals surface area contributed by atoms with Gasteiger partial charge in [0.1, 0.15) is 5.82 Å². The van der Waals surface area contributed by atoms with Crippen LogP contribution in [0, 0.1) is 11.2 Å². The third-order valence-corrected chi connectivity index (χ3v) is 3.52. The molecule has 7 heteroatoms. The Kier molecular flexibility index (Phi) is 11.4. The number of carbonyl (C=O) groups excluding carboxylic acids is 1. The topological polar surface area (TPSA) is 65.5 Å². The Morgan fingerprint density at radius 2 is 1.84 bits per heavy atom. The normalized spacial score (nSPS) is 11.5. The molecule has 1 aromatic carbocycles. The quantitative estimate of drug-likeness (QED) is 0.315. The van der Waals surface area contributed by atoms with Gasteiger partial charge in [0.05, 0.1) is 12.0 Å². The highest BCUT2D eigenvalue weighted by molar-refractivity contribution is 14.0. The molecule has 0 atom stereocenters. The molecule has 3 N–H and O–H groups in total. The first-order chi connectivity index (χ1) is 11.4. The summed E-state index contributed by atoms with van der Waals surface area (Å²) in [6, 6.07) is 6.57. The fourth-order valence-corrected chi connectivity index (χ4v) is 2.11. The Balaban J connectivity index is 0.00000576. The fraction of sp³-hybridized carbons (Fsp3) is 0.556. The van der Waals surface area contributed by atoms with Crippen molar-refractivity contribution >= 4 is 35.8 Å². The molecule has 0 bridgehead atoms. The highest BCUT2D eigenvalue weighted by Crippen LogP contribution is 2.15. The largest absolute Gasteiger partial charge is 0.357 e. The van der Waals surface area contributed by atoms with Crippen molar-refractivity contribution in [2.45, 2.75) is 34.1 Å². The molecule has 0 saturated heterocycles. The number of nitrogens with one attached hydrogen (secondary N) is 3. The summed E-state index contributed by atoms with van der Waals surface area (Å²) in [5, 5.41) is 9.20. The molecule has 0 spiro atoms. The highest BCUT2D eigenvalue weighted by Gasteiger charge is 2.26. The molecule has 0 fully saturated rings. The SMILES string of the molecule is CCNC(=O)C(C)(C)CN=C(NCC)NCCc1cccc(F)c1.I. The third-order valence-electron chi connectivity index (χ3n) is 3.52. The lowest BCUT2D eigenvalue weighted by atomic mass is 9.92. The first-order valence-corrected chi connectivity index (χ1v) is 8.44. The Bertz CT molecular complexity index is 564. The second-order valence-electron chi connectivity index (χ2n) is 6.25. The first kappa shape index (κ1) is 23.6. The summed E-state index contributed by atoms with van der Waals surface area (Å²) in [5.74, 6) is 0.424. The number of guanidine groups is 1. The number of amides is 1. The van der Waals surface area contributed by atoms with Crippen LogP contribution in [0.3, 0.4) is 0 Å². The van der Waals surface area contributed by atoms with Gasteiger partial charge in [-0.3, -0.25) is 9.79 Å². The summed E-state index contributed by atoms with van der Waals surface area (Å²) in [5.41, 5.74) is 0.363. The maximum atomic E-state index is 13.2. The van der Waals surface area contributed by atoms with Gasteiger partial charge in [-0.2, -0.15) is 0 Å². The average Bonchev–Trinajstić information content (AvgIpc) is 2.53. The van der Waals surface area contributed by atoms with Crippen LogP contribution in [0.15, 0.2) is 29.3 Å². The van der Waals surface area contributed by atoms with Crippen molar-refractivity contribution < 1.29 is 9.18 Å². The van der Waals surface area contributed by atoms with Gasteiger partial charge in [-0.15, -0.1) is 24.0 Å². The zero-order valence-electron chi connectivity index (χ0n) is 15.5. The van der Waals surface area contributed by atoms with Crippen molar-refractivity contribution in [3.05, 3.63) is 35.6 Å². The lowest BCUT2D eigenvalue weighted by molar-refractivity contribution is -0.128. The standard InChI is InChI=1S/C18H29FN4O.HI/c1-5-20-16(24)18(3,4)13-23-17(21-6-2)22-11-10-14-8-7-9-15(19)12-14;/h7-9,12H,5-6,10-11,13H2,1-4H3,(H,20,24)(H2,21,22,23);1H. The molecule has 0 aliphatic carbocycles. The minimum absolute atomic E-state index is 0. The molecule has 0 heterocycles. The predicted octanol–water partition coefficient (Wildman–Crippen LogP) is 2.70. The summed E-state index contributed by atoms with van der Waals surface area (Å²) >= 11 is 0. The van der Waals surface area contributed by atoms with E-state index in [1.165, 1.54) is 12.1 Å². The molecule has 1 amide bonds. The van der Waals surface area contributed by atoms with Crippen LogP contribution in [0.5, 0.6) is 0 Å². The van der Waals surface area contributed by atoms with Gasteiger partial charge < -0.3 is 16.0 Å². The minimum Gasteiger partial charge on any atom is -0.357 e.